The van der Waals surface area contributed by atoms with E-state index in [1.165, 1.54) is 13.8 Å². The van der Waals surface area contributed by atoms with E-state index >= 15 is 0 Å². The van der Waals surface area contributed by atoms with Crippen molar-refractivity contribution in [2.75, 3.05) is 13.2 Å². The van der Waals surface area contributed by atoms with Crippen molar-refractivity contribution in [2.45, 2.75) is 39.2 Å². The van der Waals surface area contributed by atoms with Crippen LogP contribution >= 0.6 is 0 Å². The van der Waals surface area contributed by atoms with Crippen molar-refractivity contribution >= 4 is 23.8 Å². The molecule has 8 heteroatoms. The molecule has 0 bridgehead atoms. The zero-order valence-corrected chi connectivity index (χ0v) is 24.7. The van der Waals surface area contributed by atoms with Crippen LogP contribution in [-0.4, -0.2) is 47.9 Å². The van der Waals surface area contributed by atoms with Gasteiger partial charge in [0.2, 0.25) is 0 Å². The first kappa shape index (κ1) is 30.2. The third-order valence-electron chi connectivity index (χ3n) is 7.45. The Morgan fingerprint density at radius 2 is 1.05 bits per heavy atom. The Labute approximate surface area is 256 Å². The molecule has 5 rings (SSSR count). The van der Waals surface area contributed by atoms with Crippen LogP contribution in [0.4, 0.5) is 0 Å². The second-order valence-corrected chi connectivity index (χ2v) is 10.6. The number of likely N-dealkylation sites (tertiary alicyclic amines) is 1. The van der Waals surface area contributed by atoms with E-state index in [0.717, 1.165) is 41.5 Å². The molecule has 1 aliphatic heterocycles. The summed E-state index contributed by atoms with van der Waals surface area (Å²) >= 11 is 0. The van der Waals surface area contributed by atoms with E-state index < -0.39 is 5.97 Å². The molecule has 1 amide bonds. The number of benzene rings is 4. The first-order chi connectivity index (χ1) is 21.3. The molecule has 0 unspecified atom stereocenters. The Morgan fingerprint density at radius 1 is 0.614 bits per heavy atom. The van der Waals surface area contributed by atoms with Crippen LogP contribution in [0, 0.1) is 0 Å². The number of hydrogen-bond donors (Lipinski definition) is 0. The molecule has 1 heterocycles. The number of nitrogens with zero attached hydrogens (tertiary/aromatic N) is 1. The lowest BCUT2D eigenvalue weighted by atomic mass is 10.00. The molecule has 8 nitrogen and oxygen atoms in total. The van der Waals surface area contributed by atoms with E-state index in [9.17, 15) is 19.2 Å². The zero-order valence-electron chi connectivity index (χ0n) is 24.7. The number of piperidine rings is 1. The molecule has 224 valence electrons. The van der Waals surface area contributed by atoms with E-state index in [1.54, 1.807) is 48.5 Å². The Kier molecular flexibility index (Phi) is 9.49. The maximum Gasteiger partial charge on any atom is 0.338 e. The van der Waals surface area contributed by atoms with E-state index in [1.807, 2.05) is 53.4 Å². The summed E-state index contributed by atoms with van der Waals surface area (Å²) in [7, 11) is 0. The second-order valence-electron chi connectivity index (χ2n) is 10.6. The largest absolute Gasteiger partial charge is 0.460 e. The van der Waals surface area contributed by atoms with E-state index in [4.69, 9.17) is 14.2 Å². The number of carbonyl (C=O) groups excluding carboxylic acids is 4. The Bertz CT molecular complexity index is 1630. The fraction of sp³-hybridized carbons (Fsp3) is 0.222. The summed E-state index contributed by atoms with van der Waals surface area (Å²) in [6.07, 6.45) is 2.61. The molecule has 0 radical (unpaired) electrons. The van der Waals surface area contributed by atoms with Gasteiger partial charge in [-0.2, -0.15) is 0 Å². The fourth-order valence-electron chi connectivity index (χ4n) is 5.23. The van der Waals surface area contributed by atoms with Crippen molar-refractivity contribution in [3.05, 3.63) is 108 Å². The van der Waals surface area contributed by atoms with Crippen molar-refractivity contribution in [1.82, 2.24) is 4.90 Å². The Morgan fingerprint density at radius 3 is 1.50 bits per heavy atom. The number of rotatable bonds is 8. The van der Waals surface area contributed by atoms with Crippen LogP contribution in [-0.2, 0) is 14.3 Å². The quantitative estimate of drug-likeness (QED) is 0.166. The zero-order chi connectivity index (χ0) is 31.1. The topological polar surface area (TPSA) is 99.2 Å². The van der Waals surface area contributed by atoms with Crippen LogP contribution in [0.15, 0.2) is 97.1 Å². The van der Waals surface area contributed by atoms with Crippen molar-refractivity contribution in [3.8, 4) is 33.8 Å². The maximum atomic E-state index is 13.5. The molecule has 0 aromatic heterocycles. The summed E-state index contributed by atoms with van der Waals surface area (Å²) in [5, 5.41) is 0. The molecule has 1 fully saturated rings. The molecule has 4 aromatic carbocycles. The highest BCUT2D eigenvalue weighted by molar-refractivity contribution is 5.95. The average molecular weight is 592 g/mol. The smallest absolute Gasteiger partial charge is 0.338 e. The van der Waals surface area contributed by atoms with Gasteiger partial charge in [0.15, 0.2) is 0 Å². The van der Waals surface area contributed by atoms with Crippen LogP contribution in [0.2, 0.25) is 0 Å². The van der Waals surface area contributed by atoms with Crippen molar-refractivity contribution in [3.63, 3.8) is 0 Å². The molecule has 0 N–H and O–H groups in total. The SMILES string of the molecule is CC(=O)Oc1ccc(-c2ccc(C(=O)OC[C@H]3CCCCN3C(=O)c3ccc(-c4ccc(OC(C)=O)cc4)cc3)cc2)cc1. The highest BCUT2D eigenvalue weighted by Crippen LogP contribution is 2.26. The van der Waals surface area contributed by atoms with E-state index in [2.05, 4.69) is 0 Å². The molecule has 0 spiro atoms. The van der Waals surface area contributed by atoms with E-state index in [0.29, 0.717) is 29.2 Å². The van der Waals surface area contributed by atoms with Crippen LogP contribution < -0.4 is 9.47 Å². The standard InChI is InChI=1S/C36H33NO7/c1-24(38)43-33-18-14-28(15-19-33)26-6-10-30(11-7-26)35(40)37-22-4-3-5-32(37)23-42-36(41)31-12-8-27(9-13-31)29-16-20-34(21-17-29)44-25(2)39/h6-21,32H,3-5,22-23H2,1-2H3/t32-/m1/s1. The Balaban J connectivity index is 1.18. The summed E-state index contributed by atoms with van der Waals surface area (Å²) in [5.41, 5.74) is 4.70. The van der Waals surface area contributed by atoms with Crippen molar-refractivity contribution in [1.29, 1.82) is 0 Å². The number of amides is 1. The highest BCUT2D eigenvalue weighted by atomic mass is 16.5. The minimum atomic E-state index is -0.441. The van der Waals surface area contributed by atoms with E-state index in [-0.39, 0.29) is 30.5 Å². The van der Waals surface area contributed by atoms with Crippen LogP contribution in [0.1, 0.15) is 53.8 Å². The predicted molar refractivity (Wildman–Crippen MR) is 165 cm³/mol. The molecule has 1 saturated heterocycles. The van der Waals surface area contributed by atoms with Gasteiger partial charge in [0.25, 0.3) is 5.91 Å². The minimum Gasteiger partial charge on any atom is -0.460 e. The second kappa shape index (κ2) is 13.8. The molecule has 4 aromatic rings. The molecular weight excluding hydrogens is 558 g/mol. The van der Waals surface area contributed by atoms with Crippen molar-refractivity contribution < 1.29 is 33.4 Å². The molecule has 1 atom stereocenters. The number of esters is 3. The van der Waals surface area contributed by atoms with Crippen LogP contribution in [0.3, 0.4) is 0 Å². The van der Waals surface area contributed by atoms with Gasteiger partial charge in [-0.1, -0.05) is 48.5 Å². The maximum absolute atomic E-state index is 13.5. The molecular formula is C36H33NO7. The predicted octanol–water partition coefficient (Wildman–Crippen LogP) is 6.72. The summed E-state index contributed by atoms with van der Waals surface area (Å²) in [5.74, 6) is -0.333. The lowest BCUT2D eigenvalue weighted by Gasteiger charge is -2.35. The lowest BCUT2D eigenvalue weighted by Crippen LogP contribution is -2.46. The summed E-state index contributed by atoms with van der Waals surface area (Å²) in [4.78, 5) is 50.4. The summed E-state index contributed by atoms with van der Waals surface area (Å²) < 4.78 is 15.9. The molecule has 44 heavy (non-hydrogen) atoms. The molecule has 0 aliphatic carbocycles. The summed E-state index contributed by atoms with van der Waals surface area (Å²) in [6.45, 7) is 3.44. The number of carbonyl (C=O) groups is 4. The van der Waals surface area contributed by atoms with Gasteiger partial charge in [0.1, 0.15) is 18.1 Å². The van der Waals surface area contributed by atoms with Gasteiger partial charge < -0.3 is 19.1 Å². The molecule has 1 aliphatic rings. The minimum absolute atomic E-state index is 0.0911. The first-order valence-corrected chi connectivity index (χ1v) is 14.5. The van der Waals surface area contributed by atoms with Crippen LogP contribution in [0.25, 0.3) is 22.3 Å². The molecule has 0 saturated carbocycles. The van der Waals surface area contributed by atoms with Gasteiger partial charge in [-0.3, -0.25) is 14.4 Å². The van der Waals surface area contributed by atoms with Gasteiger partial charge in [-0.05, 0) is 90.0 Å². The third-order valence-corrected chi connectivity index (χ3v) is 7.45. The third kappa shape index (κ3) is 7.58. The monoisotopic (exact) mass is 591 g/mol. The van der Waals surface area contributed by atoms with Crippen LogP contribution in [0.5, 0.6) is 11.5 Å². The number of hydrogen-bond acceptors (Lipinski definition) is 7. The van der Waals surface area contributed by atoms with Gasteiger partial charge in [0, 0.05) is 26.0 Å². The number of ether oxygens (including phenoxy) is 3. The van der Waals surface area contributed by atoms with Crippen molar-refractivity contribution in [2.24, 2.45) is 0 Å². The van der Waals surface area contributed by atoms with Gasteiger partial charge in [-0.25, -0.2) is 4.79 Å². The normalized spacial score (nSPS) is 14.4. The Hall–Kier alpha value is -5.24. The average Bonchev–Trinajstić information content (AvgIpc) is 3.04. The van der Waals surface area contributed by atoms with Gasteiger partial charge in [0.05, 0.1) is 11.6 Å². The van der Waals surface area contributed by atoms with Gasteiger partial charge in [-0.15, -0.1) is 0 Å². The summed E-state index contributed by atoms with van der Waals surface area (Å²) in [6, 6.07) is 28.6. The van der Waals surface area contributed by atoms with Gasteiger partial charge >= 0.3 is 17.9 Å². The first-order valence-electron chi connectivity index (χ1n) is 14.5. The lowest BCUT2D eigenvalue weighted by molar-refractivity contribution is -0.132. The fourth-order valence-corrected chi connectivity index (χ4v) is 5.23. The highest BCUT2D eigenvalue weighted by Gasteiger charge is 2.29.